The first-order valence-corrected chi connectivity index (χ1v) is 5.06. The van der Waals surface area contributed by atoms with Gasteiger partial charge in [0.05, 0.1) is 6.42 Å². The highest BCUT2D eigenvalue weighted by atomic mass is 16.4. The van der Waals surface area contributed by atoms with E-state index in [0.717, 1.165) is 19.3 Å². The lowest BCUT2D eigenvalue weighted by Gasteiger charge is -2.63. The molecule has 1 aliphatic carbocycles. The van der Waals surface area contributed by atoms with E-state index in [1.54, 1.807) is 6.92 Å². The third kappa shape index (κ3) is 1.13. The molecule has 0 aromatic carbocycles. The zero-order valence-corrected chi connectivity index (χ0v) is 8.32. The first-order chi connectivity index (χ1) is 6.56. The number of carbonyl (C=O) groups is 2. The van der Waals surface area contributed by atoms with Crippen molar-refractivity contribution in [3.8, 4) is 0 Å². The van der Waals surface area contributed by atoms with Gasteiger partial charge in [0, 0.05) is 24.9 Å². The Morgan fingerprint density at radius 1 is 1.50 bits per heavy atom. The van der Waals surface area contributed by atoms with Gasteiger partial charge in [0.25, 0.3) is 0 Å². The fraction of sp³-hybridized carbons (Fsp3) is 0.800. The summed E-state index contributed by atoms with van der Waals surface area (Å²) < 4.78 is 0. The monoisotopic (exact) mass is 197 g/mol. The Kier molecular flexibility index (Phi) is 2.01. The maximum Gasteiger partial charge on any atom is 0.303 e. The molecule has 4 heteroatoms. The van der Waals surface area contributed by atoms with Gasteiger partial charge in [-0.15, -0.1) is 0 Å². The fourth-order valence-corrected chi connectivity index (χ4v) is 2.80. The molecule has 1 aliphatic heterocycles. The lowest BCUT2D eigenvalue weighted by molar-refractivity contribution is -0.175. The van der Waals surface area contributed by atoms with Crippen LogP contribution in [0, 0.1) is 5.92 Å². The molecule has 1 spiro atoms. The molecule has 0 bridgehead atoms. The molecule has 2 aliphatic rings. The van der Waals surface area contributed by atoms with Gasteiger partial charge in [-0.25, -0.2) is 0 Å². The number of likely N-dealkylation sites (tertiary alicyclic amines) is 1. The van der Waals surface area contributed by atoms with Crippen molar-refractivity contribution in [1.29, 1.82) is 0 Å². The van der Waals surface area contributed by atoms with Crippen LogP contribution in [0.25, 0.3) is 0 Å². The van der Waals surface area contributed by atoms with Gasteiger partial charge in [0.1, 0.15) is 0 Å². The quantitative estimate of drug-likeness (QED) is 0.714. The van der Waals surface area contributed by atoms with Crippen LogP contribution in [0.2, 0.25) is 0 Å². The molecule has 1 atom stereocenters. The molecule has 0 radical (unpaired) electrons. The average Bonchev–Trinajstić information content (AvgIpc) is 1.92. The summed E-state index contributed by atoms with van der Waals surface area (Å²) in [5, 5.41) is 8.72. The predicted octanol–water partition coefficient (Wildman–Crippen LogP) is 0.862. The number of carboxylic acids is 1. The van der Waals surface area contributed by atoms with Crippen molar-refractivity contribution in [3.05, 3.63) is 0 Å². The van der Waals surface area contributed by atoms with Crippen molar-refractivity contribution < 1.29 is 14.7 Å². The van der Waals surface area contributed by atoms with E-state index in [0.29, 0.717) is 6.54 Å². The lowest BCUT2D eigenvalue weighted by atomic mass is 9.60. The lowest BCUT2D eigenvalue weighted by Crippen LogP contribution is -2.72. The summed E-state index contributed by atoms with van der Waals surface area (Å²) >= 11 is 0. The standard InChI is InChI=1S/C10H15NO3/c1-7(12)11-6-8(5-9(13)14)10(11)3-2-4-10/h8H,2-6H2,1H3,(H,13,14). The van der Waals surface area contributed by atoms with Gasteiger partial charge in [-0.1, -0.05) is 0 Å². The van der Waals surface area contributed by atoms with E-state index in [1.165, 1.54) is 0 Å². The van der Waals surface area contributed by atoms with Crippen molar-refractivity contribution in [2.24, 2.45) is 5.92 Å². The van der Waals surface area contributed by atoms with Gasteiger partial charge in [0.2, 0.25) is 5.91 Å². The number of hydrogen-bond acceptors (Lipinski definition) is 2. The minimum atomic E-state index is -0.746. The third-order valence-electron chi connectivity index (χ3n) is 3.72. The molecular weight excluding hydrogens is 182 g/mol. The summed E-state index contributed by atoms with van der Waals surface area (Å²) in [6, 6.07) is 0. The van der Waals surface area contributed by atoms with E-state index in [1.807, 2.05) is 4.90 Å². The first kappa shape index (κ1) is 9.49. The van der Waals surface area contributed by atoms with E-state index < -0.39 is 5.97 Å². The van der Waals surface area contributed by atoms with Crippen molar-refractivity contribution in [2.75, 3.05) is 6.54 Å². The Labute approximate surface area is 82.9 Å². The average molecular weight is 197 g/mol. The van der Waals surface area contributed by atoms with Crippen LogP contribution in [0.4, 0.5) is 0 Å². The Hall–Kier alpha value is -1.06. The number of aliphatic carboxylic acids is 1. The summed E-state index contributed by atoms with van der Waals surface area (Å²) in [5.41, 5.74) is -0.0653. The van der Waals surface area contributed by atoms with Crippen LogP contribution in [0.1, 0.15) is 32.6 Å². The molecule has 2 rings (SSSR count). The molecule has 1 unspecified atom stereocenters. The van der Waals surface area contributed by atoms with Gasteiger partial charge >= 0.3 is 5.97 Å². The number of rotatable bonds is 2. The highest BCUT2D eigenvalue weighted by Crippen LogP contribution is 2.52. The van der Waals surface area contributed by atoms with Crippen LogP contribution in [-0.4, -0.2) is 34.0 Å². The number of nitrogens with zero attached hydrogens (tertiary/aromatic N) is 1. The Morgan fingerprint density at radius 2 is 2.14 bits per heavy atom. The smallest absolute Gasteiger partial charge is 0.303 e. The molecule has 1 saturated carbocycles. The molecule has 0 aromatic heterocycles. The maximum atomic E-state index is 11.2. The number of hydrogen-bond donors (Lipinski definition) is 1. The second-order valence-corrected chi connectivity index (χ2v) is 4.38. The number of carbonyl (C=O) groups excluding carboxylic acids is 1. The normalized spacial score (nSPS) is 28.1. The van der Waals surface area contributed by atoms with E-state index in [4.69, 9.17) is 5.11 Å². The number of amides is 1. The second-order valence-electron chi connectivity index (χ2n) is 4.38. The van der Waals surface area contributed by atoms with Gasteiger partial charge in [-0.05, 0) is 19.3 Å². The largest absolute Gasteiger partial charge is 0.481 e. The van der Waals surface area contributed by atoms with Crippen LogP contribution in [0.15, 0.2) is 0 Å². The molecule has 1 heterocycles. The SMILES string of the molecule is CC(=O)N1CC(CC(=O)O)C12CCC2. The maximum absolute atomic E-state index is 11.2. The third-order valence-corrected chi connectivity index (χ3v) is 3.72. The molecule has 78 valence electrons. The van der Waals surface area contributed by atoms with Gasteiger partial charge in [0.15, 0.2) is 0 Å². The summed E-state index contributed by atoms with van der Waals surface area (Å²) in [6.45, 7) is 2.21. The molecule has 14 heavy (non-hydrogen) atoms. The Morgan fingerprint density at radius 3 is 2.50 bits per heavy atom. The molecule has 1 amide bonds. The molecule has 2 fully saturated rings. The minimum Gasteiger partial charge on any atom is -0.481 e. The van der Waals surface area contributed by atoms with Crippen LogP contribution in [-0.2, 0) is 9.59 Å². The van der Waals surface area contributed by atoms with Gasteiger partial charge in [-0.2, -0.15) is 0 Å². The van der Waals surface area contributed by atoms with E-state index in [2.05, 4.69) is 0 Å². The van der Waals surface area contributed by atoms with E-state index in [9.17, 15) is 9.59 Å². The summed E-state index contributed by atoms with van der Waals surface area (Å²) in [7, 11) is 0. The summed E-state index contributed by atoms with van der Waals surface area (Å²) in [6.07, 6.45) is 3.32. The van der Waals surface area contributed by atoms with E-state index in [-0.39, 0.29) is 23.8 Å². The van der Waals surface area contributed by atoms with Crippen LogP contribution in [0.3, 0.4) is 0 Å². The van der Waals surface area contributed by atoms with E-state index >= 15 is 0 Å². The minimum absolute atomic E-state index is 0.0653. The molecule has 1 saturated heterocycles. The van der Waals surface area contributed by atoms with Crippen LogP contribution < -0.4 is 0 Å². The van der Waals surface area contributed by atoms with Crippen molar-refractivity contribution in [2.45, 2.75) is 38.1 Å². The molecular formula is C10H15NO3. The van der Waals surface area contributed by atoms with Crippen molar-refractivity contribution >= 4 is 11.9 Å². The predicted molar refractivity (Wildman–Crippen MR) is 49.7 cm³/mol. The first-order valence-electron chi connectivity index (χ1n) is 5.06. The summed E-state index contributed by atoms with van der Waals surface area (Å²) in [4.78, 5) is 23.7. The Bertz CT molecular complexity index is 283. The number of carboxylic acid groups (broad SMARTS) is 1. The topological polar surface area (TPSA) is 57.6 Å². The zero-order valence-electron chi connectivity index (χ0n) is 8.32. The zero-order chi connectivity index (χ0) is 10.3. The molecule has 4 nitrogen and oxygen atoms in total. The van der Waals surface area contributed by atoms with Crippen molar-refractivity contribution in [1.82, 2.24) is 4.90 Å². The second kappa shape index (κ2) is 2.97. The molecule has 1 N–H and O–H groups in total. The Balaban J connectivity index is 2.04. The highest BCUT2D eigenvalue weighted by molar-refractivity contribution is 5.76. The van der Waals surface area contributed by atoms with Crippen LogP contribution >= 0.6 is 0 Å². The molecule has 0 aromatic rings. The van der Waals surface area contributed by atoms with Crippen molar-refractivity contribution in [3.63, 3.8) is 0 Å². The van der Waals surface area contributed by atoms with Crippen LogP contribution in [0.5, 0.6) is 0 Å². The fourth-order valence-electron chi connectivity index (χ4n) is 2.80. The summed E-state index contributed by atoms with van der Waals surface area (Å²) in [5.74, 6) is -0.464. The highest BCUT2D eigenvalue weighted by Gasteiger charge is 2.58. The van der Waals surface area contributed by atoms with Gasteiger partial charge in [-0.3, -0.25) is 9.59 Å². The van der Waals surface area contributed by atoms with Gasteiger partial charge < -0.3 is 10.0 Å².